The fraction of sp³-hybridized carbons (Fsp3) is 0.0769. The number of ether oxygens (including phenoxy) is 1. The summed E-state index contributed by atoms with van der Waals surface area (Å²) < 4.78 is 27.4. The van der Waals surface area contributed by atoms with Gasteiger partial charge in [-0.3, -0.25) is 4.55 Å². The molecule has 19 heavy (non-hydrogen) atoms. The minimum atomic E-state index is -2.19. The summed E-state index contributed by atoms with van der Waals surface area (Å²) in [5, 5.41) is 0. The van der Waals surface area contributed by atoms with E-state index in [2.05, 4.69) is 0 Å². The van der Waals surface area contributed by atoms with E-state index in [-0.39, 0.29) is 0 Å². The van der Waals surface area contributed by atoms with Gasteiger partial charge in [0, 0.05) is 6.07 Å². The van der Waals surface area contributed by atoms with Gasteiger partial charge in [0.1, 0.15) is 5.75 Å². The third kappa shape index (κ3) is 2.86. The van der Waals surface area contributed by atoms with E-state index >= 15 is 0 Å². The van der Waals surface area contributed by atoms with Gasteiger partial charge in [0.2, 0.25) is 0 Å². The molecule has 0 aliphatic heterocycles. The zero-order valence-electron chi connectivity index (χ0n) is 10.3. The van der Waals surface area contributed by atoms with Crippen LogP contribution in [0.25, 0.3) is 0 Å². The largest absolute Gasteiger partial charge is 0.495 e. The molecule has 0 fully saturated rings. The van der Waals surface area contributed by atoms with Gasteiger partial charge < -0.3 is 10.5 Å². The van der Waals surface area contributed by atoms with E-state index in [1.54, 1.807) is 42.5 Å². The average Bonchev–Trinajstić information content (AvgIpc) is 2.41. The minimum absolute atomic E-state index is 0.462. The number of hydrogen-bond donors (Lipinski definition) is 2. The van der Waals surface area contributed by atoms with E-state index in [9.17, 15) is 8.76 Å². The van der Waals surface area contributed by atoms with Crippen molar-refractivity contribution in [2.45, 2.75) is 0 Å². The number of benzene rings is 2. The lowest BCUT2D eigenvalue weighted by Gasteiger charge is -2.20. The second-order valence-corrected chi connectivity index (χ2v) is 4.61. The Morgan fingerprint density at radius 1 is 1.16 bits per heavy atom. The van der Waals surface area contributed by atoms with Gasteiger partial charge in [0.25, 0.3) is 11.3 Å². The molecule has 3 N–H and O–H groups in total. The number of hydrogen-bond acceptors (Lipinski definition) is 3. The van der Waals surface area contributed by atoms with E-state index < -0.39 is 11.3 Å². The van der Waals surface area contributed by atoms with Crippen molar-refractivity contribution in [1.29, 1.82) is 0 Å². The van der Waals surface area contributed by atoms with Crippen molar-refractivity contribution < 1.29 is 13.5 Å². The molecule has 2 aromatic rings. The van der Waals surface area contributed by atoms with Gasteiger partial charge in [-0.25, -0.2) is 8.51 Å². The van der Waals surface area contributed by atoms with Crippen LogP contribution in [-0.2, 0) is 11.3 Å². The van der Waals surface area contributed by atoms with Crippen LogP contribution in [0.2, 0.25) is 0 Å². The molecule has 5 nitrogen and oxygen atoms in total. The highest BCUT2D eigenvalue weighted by Gasteiger charge is 2.16. The van der Waals surface area contributed by atoms with Gasteiger partial charge in [0.05, 0.1) is 24.2 Å². The summed E-state index contributed by atoms with van der Waals surface area (Å²) in [6, 6.07) is 13.8. The molecule has 0 heterocycles. The van der Waals surface area contributed by atoms with Gasteiger partial charge in [-0.1, -0.05) is 18.2 Å². The van der Waals surface area contributed by atoms with Crippen molar-refractivity contribution in [1.82, 2.24) is 0 Å². The molecule has 0 radical (unpaired) electrons. The molecule has 0 amide bonds. The topological polar surface area (TPSA) is 75.8 Å². The lowest BCUT2D eigenvalue weighted by Crippen LogP contribution is -2.19. The van der Waals surface area contributed by atoms with Crippen LogP contribution in [0.15, 0.2) is 48.5 Å². The first-order valence-electron chi connectivity index (χ1n) is 5.53. The fourth-order valence-corrected chi connectivity index (χ4v) is 2.31. The Bertz CT molecular complexity index is 590. The van der Waals surface area contributed by atoms with Crippen LogP contribution in [-0.4, -0.2) is 15.9 Å². The molecule has 0 saturated heterocycles. The predicted octanol–water partition coefficient (Wildman–Crippen LogP) is 2.55. The Hall–Kier alpha value is -2.05. The first-order chi connectivity index (χ1) is 9.13. The smallest absolute Gasteiger partial charge is 0.266 e. The average molecular weight is 278 g/mol. The summed E-state index contributed by atoms with van der Waals surface area (Å²) in [6.07, 6.45) is 0. The first kappa shape index (κ1) is 13.4. The molecular weight excluding hydrogens is 264 g/mol. The molecule has 6 heteroatoms. The molecule has 0 bridgehead atoms. The minimum Gasteiger partial charge on any atom is -0.495 e. The summed E-state index contributed by atoms with van der Waals surface area (Å²) in [5.41, 5.74) is 7.34. The molecular formula is C13H14N2O3S. The molecule has 2 aromatic carbocycles. The molecule has 0 aromatic heterocycles. The summed E-state index contributed by atoms with van der Waals surface area (Å²) in [6.45, 7) is 0. The number of nitrogen functional groups attached to an aromatic ring is 1. The Balaban J connectivity index is 2.49. The molecule has 0 aliphatic carbocycles. The first-order valence-corrected chi connectivity index (χ1v) is 6.59. The lowest BCUT2D eigenvalue weighted by atomic mass is 10.2. The molecule has 0 spiro atoms. The van der Waals surface area contributed by atoms with Crippen LogP contribution in [0, 0.1) is 0 Å². The normalized spacial score (nSPS) is 11.9. The van der Waals surface area contributed by atoms with Crippen LogP contribution in [0.4, 0.5) is 17.1 Å². The maximum absolute atomic E-state index is 11.5. The fourth-order valence-electron chi connectivity index (χ4n) is 1.72. The highest BCUT2D eigenvalue weighted by atomic mass is 32.2. The molecule has 0 aliphatic rings. The SMILES string of the molecule is COc1cc(N(c2ccccc2)S(=O)O)ccc1N. The number of anilines is 3. The maximum Gasteiger partial charge on any atom is 0.266 e. The highest BCUT2D eigenvalue weighted by Crippen LogP contribution is 2.32. The van der Waals surface area contributed by atoms with Gasteiger partial charge in [-0.2, -0.15) is 0 Å². The van der Waals surface area contributed by atoms with Crippen molar-refractivity contribution >= 4 is 28.3 Å². The Morgan fingerprint density at radius 3 is 2.42 bits per heavy atom. The van der Waals surface area contributed by atoms with Crippen molar-refractivity contribution in [2.24, 2.45) is 0 Å². The van der Waals surface area contributed by atoms with E-state index in [1.165, 1.54) is 11.4 Å². The molecule has 0 saturated carbocycles. The highest BCUT2D eigenvalue weighted by molar-refractivity contribution is 7.81. The van der Waals surface area contributed by atoms with Gasteiger partial charge in [-0.05, 0) is 24.3 Å². The summed E-state index contributed by atoms with van der Waals surface area (Å²) in [4.78, 5) is 0. The maximum atomic E-state index is 11.5. The number of nitrogens with two attached hydrogens (primary N) is 1. The van der Waals surface area contributed by atoms with Gasteiger partial charge in [-0.15, -0.1) is 0 Å². The summed E-state index contributed by atoms with van der Waals surface area (Å²) in [5.74, 6) is 0.462. The zero-order valence-corrected chi connectivity index (χ0v) is 11.1. The standard InChI is InChI=1S/C13H14N2O3S/c1-18-13-9-11(7-8-12(13)14)15(19(16)17)10-5-3-2-4-6-10/h2-9H,14H2,1H3,(H,16,17). The van der Waals surface area contributed by atoms with Crippen LogP contribution in [0.3, 0.4) is 0 Å². The van der Waals surface area contributed by atoms with Crippen LogP contribution < -0.4 is 14.8 Å². The van der Waals surface area contributed by atoms with Crippen molar-refractivity contribution in [3.63, 3.8) is 0 Å². The van der Waals surface area contributed by atoms with Crippen LogP contribution >= 0.6 is 0 Å². The zero-order chi connectivity index (χ0) is 13.8. The number of para-hydroxylation sites is 1. The molecule has 1 atom stereocenters. The number of nitrogens with zero attached hydrogens (tertiary/aromatic N) is 1. The van der Waals surface area contributed by atoms with Gasteiger partial charge in [0.15, 0.2) is 0 Å². The lowest BCUT2D eigenvalue weighted by molar-refractivity contribution is 0.417. The van der Waals surface area contributed by atoms with E-state index in [0.29, 0.717) is 22.8 Å². The summed E-state index contributed by atoms with van der Waals surface area (Å²) in [7, 11) is 1.50. The Morgan fingerprint density at radius 2 is 1.84 bits per heavy atom. The second kappa shape index (κ2) is 5.73. The summed E-state index contributed by atoms with van der Waals surface area (Å²) >= 11 is -2.19. The van der Waals surface area contributed by atoms with Crippen molar-refractivity contribution in [3.05, 3.63) is 48.5 Å². The second-order valence-electron chi connectivity index (χ2n) is 3.79. The van der Waals surface area contributed by atoms with E-state index in [4.69, 9.17) is 10.5 Å². The van der Waals surface area contributed by atoms with Crippen molar-refractivity contribution in [2.75, 3.05) is 17.1 Å². The molecule has 100 valence electrons. The monoisotopic (exact) mass is 278 g/mol. The Kier molecular flexibility index (Phi) is 4.03. The van der Waals surface area contributed by atoms with Gasteiger partial charge >= 0.3 is 0 Å². The third-order valence-electron chi connectivity index (χ3n) is 2.60. The quantitative estimate of drug-likeness (QED) is 0.665. The Labute approximate surface area is 114 Å². The molecule has 2 rings (SSSR count). The molecule has 1 unspecified atom stereocenters. The van der Waals surface area contributed by atoms with Crippen molar-refractivity contribution in [3.8, 4) is 5.75 Å². The third-order valence-corrected chi connectivity index (χ3v) is 3.33. The predicted molar refractivity (Wildman–Crippen MR) is 76.8 cm³/mol. The van der Waals surface area contributed by atoms with Crippen LogP contribution in [0.1, 0.15) is 0 Å². The number of rotatable bonds is 4. The van der Waals surface area contributed by atoms with E-state index in [1.807, 2.05) is 6.07 Å². The van der Waals surface area contributed by atoms with Crippen LogP contribution in [0.5, 0.6) is 5.75 Å². The number of methoxy groups -OCH3 is 1. The van der Waals surface area contributed by atoms with E-state index in [0.717, 1.165) is 0 Å².